The Morgan fingerprint density at radius 2 is 2.12 bits per heavy atom. The van der Waals surface area contributed by atoms with Crippen LogP contribution in [0.25, 0.3) is 0 Å². The minimum atomic E-state index is -0.808. The monoisotopic (exact) mass is 233 g/mol. The molecule has 0 radical (unpaired) electrons. The van der Waals surface area contributed by atoms with Crippen molar-refractivity contribution in [1.82, 2.24) is 5.32 Å². The van der Waals surface area contributed by atoms with E-state index in [0.717, 1.165) is 0 Å². The smallest absolute Gasteiger partial charge is 0.328 e. The normalized spacial score (nSPS) is 16.6. The summed E-state index contributed by atoms with van der Waals surface area (Å²) in [7, 11) is 3.32. The molecular formula is C11H23NO4. The zero-order chi connectivity index (χ0) is 12.6. The molecule has 96 valence electrons. The highest BCUT2D eigenvalue weighted by Crippen LogP contribution is 2.08. The van der Waals surface area contributed by atoms with Gasteiger partial charge in [0.25, 0.3) is 0 Å². The van der Waals surface area contributed by atoms with Crippen LogP contribution >= 0.6 is 0 Å². The predicted octanol–water partition coefficient (Wildman–Crippen LogP) is 0.579. The van der Waals surface area contributed by atoms with Gasteiger partial charge in [-0.2, -0.15) is 0 Å². The summed E-state index contributed by atoms with van der Waals surface area (Å²) in [5.41, 5.74) is -0.808. The zero-order valence-electron chi connectivity index (χ0n) is 10.8. The van der Waals surface area contributed by atoms with Crippen LogP contribution in [-0.4, -0.2) is 51.6 Å². The topological polar surface area (TPSA) is 56.8 Å². The van der Waals surface area contributed by atoms with E-state index >= 15 is 0 Å². The summed E-state index contributed by atoms with van der Waals surface area (Å²) in [6.45, 7) is 6.55. The number of hydrogen-bond donors (Lipinski definition) is 1. The van der Waals surface area contributed by atoms with Crippen LogP contribution in [0.3, 0.4) is 0 Å². The first-order chi connectivity index (χ1) is 7.50. The molecule has 0 saturated carbocycles. The van der Waals surface area contributed by atoms with Crippen LogP contribution in [0, 0.1) is 0 Å². The third-order valence-corrected chi connectivity index (χ3v) is 2.34. The Labute approximate surface area is 97.4 Å². The molecule has 0 heterocycles. The molecule has 0 saturated heterocycles. The number of likely N-dealkylation sites (N-methyl/N-ethyl adjacent to an activating group) is 1. The number of carbonyl (C=O) groups excluding carboxylic acids is 1. The standard InChI is InChI=1S/C11H23NO4/c1-6-15-10(13)11(3,12-4)8-16-9(2)7-14-5/h9,12H,6-8H2,1-5H3. The largest absolute Gasteiger partial charge is 0.465 e. The second-order valence-electron chi connectivity index (χ2n) is 3.88. The van der Waals surface area contributed by atoms with E-state index in [-0.39, 0.29) is 18.7 Å². The number of nitrogens with one attached hydrogen (secondary N) is 1. The number of esters is 1. The molecule has 0 spiro atoms. The van der Waals surface area contributed by atoms with Gasteiger partial charge in [0.15, 0.2) is 0 Å². The molecule has 0 rings (SSSR count). The minimum Gasteiger partial charge on any atom is -0.465 e. The summed E-state index contributed by atoms with van der Waals surface area (Å²) in [6.07, 6.45) is -0.0490. The molecule has 1 N–H and O–H groups in total. The highest BCUT2D eigenvalue weighted by atomic mass is 16.5. The first kappa shape index (κ1) is 15.3. The maximum atomic E-state index is 11.7. The van der Waals surface area contributed by atoms with Crippen molar-refractivity contribution in [2.75, 3.05) is 34.0 Å². The number of hydrogen-bond acceptors (Lipinski definition) is 5. The fraction of sp³-hybridized carbons (Fsp3) is 0.909. The van der Waals surface area contributed by atoms with Gasteiger partial charge in [-0.25, -0.2) is 4.79 Å². The van der Waals surface area contributed by atoms with E-state index in [1.165, 1.54) is 0 Å². The lowest BCUT2D eigenvalue weighted by atomic mass is 10.1. The van der Waals surface area contributed by atoms with E-state index in [4.69, 9.17) is 14.2 Å². The number of carbonyl (C=O) groups is 1. The minimum absolute atomic E-state index is 0.0490. The SMILES string of the molecule is CCOC(=O)C(C)(COC(C)COC)NC. The number of methoxy groups -OCH3 is 1. The maximum Gasteiger partial charge on any atom is 0.328 e. The van der Waals surface area contributed by atoms with E-state index in [9.17, 15) is 4.79 Å². The van der Waals surface area contributed by atoms with Crippen LogP contribution in [0.15, 0.2) is 0 Å². The average molecular weight is 233 g/mol. The second-order valence-corrected chi connectivity index (χ2v) is 3.88. The van der Waals surface area contributed by atoms with Crippen molar-refractivity contribution >= 4 is 5.97 Å². The lowest BCUT2D eigenvalue weighted by molar-refractivity contribution is -0.154. The summed E-state index contributed by atoms with van der Waals surface area (Å²) in [5, 5.41) is 2.92. The summed E-state index contributed by atoms with van der Waals surface area (Å²) in [6, 6.07) is 0. The van der Waals surface area contributed by atoms with Gasteiger partial charge in [-0.3, -0.25) is 0 Å². The molecular weight excluding hydrogens is 210 g/mol. The number of ether oxygens (including phenoxy) is 3. The second kappa shape index (κ2) is 7.60. The third-order valence-electron chi connectivity index (χ3n) is 2.34. The van der Waals surface area contributed by atoms with Gasteiger partial charge in [-0.15, -0.1) is 0 Å². The van der Waals surface area contributed by atoms with Gasteiger partial charge in [0, 0.05) is 7.11 Å². The highest BCUT2D eigenvalue weighted by molar-refractivity contribution is 5.80. The Morgan fingerprint density at radius 1 is 1.50 bits per heavy atom. The lowest BCUT2D eigenvalue weighted by Gasteiger charge is -2.27. The lowest BCUT2D eigenvalue weighted by Crippen LogP contribution is -2.53. The zero-order valence-corrected chi connectivity index (χ0v) is 10.8. The molecule has 0 aromatic heterocycles. The van der Waals surface area contributed by atoms with Gasteiger partial charge in [0.2, 0.25) is 0 Å². The summed E-state index contributed by atoms with van der Waals surface area (Å²) in [5.74, 6) is -0.304. The van der Waals surface area contributed by atoms with Crippen molar-refractivity contribution in [2.45, 2.75) is 32.4 Å². The fourth-order valence-electron chi connectivity index (χ4n) is 1.12. The number of rotatable bonds is 8. The molecule has 2 atom stereocenters. The summed E-state index contributed by atoms with van der Waals surface area (Å²) >= 11 is 0. The van der Waals surface area contributed by atoms with Crippen molar-refractivity contribution in [3.05, 3.63) is 0 Å². The highest BCUT2D eigenvalue weighted by Gasteiger charge is 2.33. The first-order valence-corrected chi connectivity index (χ1v) is 5.46. The first-order valence-electron chi connectivity index (χ1n) is 5.46. The van der Waals surface area contributed by atoms with E-state index < -0.39 is 5.54 Å². The Balaban J connectivity index is 4.20. The van der Waals surface area contributed by atoms with Gasteiger partial charge in [0.1, 0.15) is 5.54 Å². The van der Waals surface area contributed by atoms with Crippen LogP contribution in [-0.2, 0) is 19.0 Å². The quantitative estimate of drug-likeness (QED) is 0.621. The molecule has 0 aromatic rings. The fourth-order valence-corrected chi connectivity index (χ4v) is 1.12. The molecule has 5 nitrogen and oxygen atoms in total. The van der Waals surface area contributed by atoms with E-state index in [1.54, 1.807) is 28.0 Å². The Kier molecular flexibility index (Phi) is 7.29. The molecule has 5 heteroatoms. The molecule has 0 bridgehead atoms. The molecule has 0 aromatic carbocycles. The van der Waals surface area contributed by atoms with Crippen molar-refractivity contribution < 1.29 is 19.0 Å². The van der Waals surface area contributed by atoms with E-state index in [0.29, 0.717) is 13.2 Å². The van der Waals surface area contributed by atoms with Crippen molar-refractivity contribution in [1.29, 1.82) is 0 Å². The van der Waals surface area contributed by atoms with Gasteiger partial charge in [-0.1, -0.05) is 0 Å². The molecule has 16 heavy (non-hydrogen) atoms. The molecule has 0 aliphatic heterocycles. The maximum absolute atomic E-state index is 11.7. The average Bonchev–Trinajstić information content (AvgIpc) is 2.26. The van der Waals surface area contributed by atoms with Crippen LogP contribution < -0.4 is 5.32 Å². The van der Waals surface area contributed by atoms with Crippen molar-refractivity contribution in [2.24, 2.45) is 0 Å². The molecule has 0 aliphatic rings. The Morgan fingerprint density at radius 3 is 2.56 bits per heavy atom. The van der Waals surface area contributed by atoms with Crippen molar-refractivity contribution in [3.63, 3.8) is 0 Å². The summed E-state index contributed by atoms with van der Waals surface area (Å²) in [4.78, 5) is 11.7. The van der Waals surface area contributed by atoms with Crippen LogP contribution in [0.1, 0.15) is 20.8 Å². The molecule has 0 fully saturated rings. The van der Waals surface area contributed by atoms with Crippen LogP contribution in [0.4, 0.5) is 0 Å². The van der Waals surface area contributed by atoms with Gasteiger partial charge < -0.3 is 19.5 Å². The van der Waals surface area contributed by atoms with Crippen LogP contribution in [0.5, 0.6) is 0 Å². The predicted molar refractivity (Wildman–Crippen MR) is 61.4 cm³/mol. The van der Waals surface area contributed by atoms with E-state index in [1.807, 2.05) is 6.92 Å². The van der Waals surface area contributed by atoms with Gasteiger partial charge in [-0.05, 0) is 27.8 Å². The third kappa shape index (κ3) is 4.92. The summed E-state index contributed by atoms with van der Waals surface area (Å²) < 4.78 is 15.4. The van der Waals surface area contributed by atoms with E-state index in [2.05, 4.69) is 5.32 Å². The van der Waals surface area contributed by atoms with Crippen molar-refractivity contribution in [3.8, 4) is 0 Å². The Bertz CT molecular complexity index is 210. The van der Waals surface area contributed by atoms with Gasteiger partial charge in [0.05, 0.1) is 25.9 Å². The Hall–Kier alpha value is -0.650. The van der Waals surface area contributed by atoms with Crippen LogP contribution in [0.2, 0.25) is 0 Å². The molecule has 2 unspecified atom stereocenters. The molecule has 0 amide bonds. The van der Waals surface area contributed by atoms with Gasteiger partial charge >= 0.3 is 5.97 Å². The molecule has 0 aliphatic carbocycles.